The molecule has 0 spiro atoms. The predicted octanol–water partition coefficient (Wildman–Crippen LogP) is 5.21. The smallest absolute Gasteiger partial charge is 0.265 e. The van der Waals surface area contributed by atoms with E-state index >= 15 is 0 Å². The fourth-order valence-electron chi connectivity index (χ4n) is 2.34. The second kappa shape index (κ2) is 8.78. The van der Waals surface area contributed by atoms with Gasteiger partial charge in [-0.15, -0.1) is 11.8 Å². The van der Waals surface area contributed by atoms with Crippen LogP contribution in [0, 0.1) is 13.8 Å². The van der Waals surface area contributed by atoms with Crippen molar-refractivity contribution in [2.45, 2.75) is 45.1 Å². The zero-order chi connectivity index (χ0) is 17.5. The number of anilines is 1. The maximum Gasteiger partial charge on any atom is 0.265 e. The Morgan fingerprint density at radius 2 is 1.88 bits per heavy atom. The van der Waals surface area contributed by atoms with Crippen molar-refractivity contribution in [1.29, 1.82) is 0 Å². The molecule has 1 amide bonds. The van der Waals surface area contributed by atoms with Gasteiger partial charge in [-0.2, -0.15) is 0 Å². The average molecular weight is 343 g/mol. The summed E-state index contributed by atoms with van der Waals surface area (Å²) in [7, 11) is 0. The molecule has 0 saturated heterocycles. The van der Waals surface area contributed by atoms with Crippen molar-refractivity contribution in [3.05, 3.63) is 53.6 Å². The zero-order valence-corrected chi connectivity index (χ0v) is 15.6. The zero-order valence-electron chi connectivity index (χ0n) is 14.8. The van der Waals surface area contributed by atoms with Crippen LogP contribution < -0.4 is 10.1 Å². The fourth-order valence-corrected chi connectivity index (χ4v) is 3.10. The van der Waals surface area contributed by atoms with E-state index in [4.69, 9.17) is 4.74 Å². The highest BCUT2D eigenvalue weighted by atomic mass is 32.2. The molecule has 0 bridgehead atoms. The summed E-state index contributed by atoms with van der Waals surface area (Å²) in [6.45, 7) is 8.16. The highest BCUT2D eigenvalue weighted by Gasteiger charge is 2.19. The normalized spacial score (nSPS) is 11.8. The molecule has 2 aromatic carbocycles. The topological polar surface area (TPSA) is 38.3 Å². The lowest BCUT2D eigenvalue weighted by molar-refractivity contribution is -0.122. The lowest BCUT2D eigenvalue weighted by Crippen LogP contribution is -2.32. The Bertz CT molecular complexity index is 700. The minimum Gasteiger partial charge on any atom is -0.481 e. The van der Waals surface area contributed by atoms with Gasteiger partial charge >= 0.3 is 0 Å². The Labute approximate surface area is 148 Å². The van der Waals surface area contributed by atoms with Gasteiger partial charge < -0.3 is 10.1 Å². The number of hydrogen-bond donors (Lipinski definition) is 1. The number of para-hydroxylation sites is 1. The lowest BCUT2D eigenvalue weighted by Gasteiger charge is -2.19. The van der Waals surface area contributed by atoms with Crippen molar-refractivity contribution < 1.29 is 9.53 Å². The molecule has 1 N–H and O–H groups in total. The van der Waals surface area contributed by atoms with E-state index < -0.39 is 6.10 Å². The van der Waals surface area contributed by atoms with Crippen LogP contribution in [0.4, 0.5) is 5.69 Å². The first-order valence-corrected chi connectivity index (χ1v) is 9.30. The second-order valence-corrected chi connectivity index (χ2v) is 6.99. The predicted molar refractivity (Wildman–Crippen MR) is 102 cm³/mol. The molecule has 0 aliphatic carbocycles. The van der Waals surface area contributed by atoms with E-state index in [0.717, 1.165) is 27.6 Å². The summed E-state index contributed by atoms with van der Waals surface area (Å²) < 4.78 is 5.91. The number of aryl methyl sites for hydroxylation is 2. The third-order valence-corrected chi connectivity index (χ3v) is 4.82. The molecule has 2 aromatic rings. The van der Waals surface area contributed by atoms with Crippen LogP contribution in [0.1, 0.15) is 31.4 Å². The first kappa shape index (κ1) is 18.4. The largest absolute Gasteiger partial charge is 0.481 e. The van der Waals surface area contributed by atoms with Crippen molar-refractivity contribution >= 4 is 23.4 Å². The Kier molecular flexibility index (Phi) is 6.73. The first-order chi connectivity index (χ1) is 11.5. The van der Waals surface area contributed by atoms with E-state index in [1.54, 1.807) is 11.8 Å². The molecule has 0 heterocycles. The number of benzene rings is 2. The highest BCUT2D eigenvalue weighted by Crippen LogP contribution is 2.27. The minimum atomic E-state index is -0.508. The Morgan fingerprint density at radius 3 is 2.54 bits per heavy atom. The summed E-state index contributed by atoms with van der Waals surface area (Å²) in [6.07, 6.45) is 0.105. The van der Waals surface area contributed by atoms with Crippen molar-refractivity contribution in [3.63, 3.8) is 0 Å². The minimum absolute atomic E-state index is 0.111. The van der Waals surface area contributed by atoms with Crippen molar-refractivity contribution in [2.24, 2.45) is 0 Å². The fraction of sp³-hybridized carbons (Fsp3) is 0.350. The van der Waals surface area contributed by atoms with Crippen LogP contribution in [0.25, 0.3) is 0 Å². The van der Waals surface area contributed by atoms with Crippen LogP contribution >= 0.6 is 11.8 Å². The average Bonchev–Trinajstić information content (AvgIpc) is 2.57. The van der Waals surface area contributed by atoms with E-state index in [1.807, 2.05) is 56.3 Å². The maximum atomic E-state index is 12.6. The van der Waals surface area contributed by atoms with Gasteiger partial charge in [-0.3, -0.25) is 4.79 Å². The molecule has 0 unspecified atom stereocenters. The Morgan fingerprint density at radius 1 is 1.12 bits per heavy atom. The number of nitrogens with one attached hydrogen (secondary N) is 1. The molecule has 1 atom stereocenters. The molecule has 4 heteroatoms. The standard InChI is InChI=1S/C20H25NO2S/c1-5-18(23-16-12-11-14(3)15(4)13-16)20(22)21-17-9-7-8-10-19(17)24-6-2/h7-13,18H,5-6H2,1-4H3,(H,21,22)/t18-/m0/s1. The van der Waals surface area contributed by atoms with Crippen molar-refractivity contribution in [2.75, 3.05) is 11.1 Å². The summed E-state index contributed by atoms with van der Waals surface area (Å²) in [5.41, 5.74) is 3.22. The van der Waals surface area contributed by atoms with Gasteiger partial charge in [0.15, 0.2) is 6.10 Å². The molecule has 0 radical (unpaired) electrons. The van der Waals surface area contributed by atoms with E-state index in [1.165, 1.54) is 5.56 Å². The van der Waals surface area contributed by atoms with Crippen LogP contribution in [0.3, 0.4) is 0 Å². The molecule has 128 valence electrons. The quantitative estimate of drug-likeness (QED) is 0.701. The second-order valence-electron chi connectivity index (χ2n) is 5.68. The van der Waals surface area contributed by atoms with Crippen LogP contribution in [-0.2, 0) is 4.79 Å². The number of carbonyl (C=O) groups excluding carboxylic acids is 1. The lowest BCUT2D eigenvalue weighted by atomic mass is 10.1. The third kappa shape index (κ3) is 4.78. The van der Waals surface area contributed by atoms with Gasteiger partial charge in [-0.1, -0.05) is 32.0 Å². The summed E-state index contributed by atoms with van der Waals surface area (Å²) in [4.78, 5) is 13.7. The molecule has 0 aliphatic heterocycles. The number of hydrogen-bond acceptors (Lipinski definition) is 3. The van der Waals surface area contributed by atoms with E-state index in [9.17, 15) is 4.79 Å². The highest BCUT2D eigenvalue weighted by molar-refractivity contribution is 7.99. The van der Waals surface area contributed by atoms with Crippen LogP contribution in [0.15, 0.2) is 47.4 Å². The number of thioether (sulfide) groups is 1. The van der Waals surface area contributed by atoms with Gasteiger partial charge in [-0.05, 0) is 61.4 Å². The number of rotatable bonds is 7. The Balaban J connectivity index is 2.10. The molecular weight excluding hydrogens is 318 g/mol. The van der Waals surface area contributed by atoms with E-state index in [0.29, 0.717) is 6.42 Å². The molecular formula is C20H25NO2S. The Hall–Kier alpha value is -1.94. The summed E-state index contributed by atoms with van der Waals surface area (Å²) in [5.74, 6) is 1.58. The van der Waals surface area contributed by atoms with Crippen molar-refractivity contribution in [1.82, 2.24) is 0 Å². The van der Waals surface area contributed by atoms with Gasteiger partial charge in [0.05, 0.1) is 5.69 Å². The molecule has 3 nitrogen and oxygen atoms in total. The monoisotopic (exact) mass is 343 g/mol. The summed E-state index contributed by atoms with van der Waals surface area (Å²) >= 11 is 1.72. The molecule has 0 saturated carbocycles. The number of ether oxygens (including phenoxy) is 1. The SMILES string of the molecule is CCSc1ccccc1NC(=O)[C@H](CC)Oc1ccc(C)c(C)c1. The molecule has 0 fully saturated rings. The summed E-state index contributed by atoms with van der Waals surface area (Å²) in [6, 6.07) is 13.8. The molecule has 2 rings (SSSR count). The summed E-state index contributed by atoms with van der Waals surface area (Å²) in [5, 5.41) is 3.01. The van der Waals surface area contributed by atoms with E-state index in [-0.39, 0.29) is 5.91 Å². The van der Waals surface area contributed by atoms with Gasteiger partial charge in [0.1, 0.15) is 5.75 Å². The third-order valence-electron chi connectivity index (χ3n) is 3.86. The van der Waals surface area contributed by atoms with Crippen LogP contribution in [-0.4, -0.2) is 17.8 Å². The van der Waals surface area contributed by atoms with Gasteiger partial charge in [-0.25, -0.2) is 0 Å². The molecule has 0 aromatic heterocycles. The first-order valence-electron chi connectivity index (χ1n) is 8.31. The molecule has 0 aliphatic rings. The molecule has 24 heavy (non-hydrogen) atoms. The number of amides is 1. The van der Waals surface area contributed by atoms with Crippen LogP contribution in [0.5, 0.6) is 5.75 Å². The van der Waals surface area contributed by atoms with E-state index in [2.05, 4.69) is 19.2 Å². The van der Waals surface area contributed by atoms with Gasteiger partial charge in [0, 0.05) is 4.90 Å². The van der Waals surface area contributed by atoms with Crippen molar-refractivity contribution in [3.8, 4) is 5.75 Å². The van der Waals surface area contributed by atoms with Gasteiger partial charge in [0.25, 0.3) is 5.91 Å². The maximum absolute atomic E-state index is 12.6. The van der Waals surface area contributed by atoms with Crippen LogP contribution in [0.2, 0.25) is 0 Å². The van der Waals surface area contributed by atoms with Gasteiger partial charge in [0.2, 0.25) is 0 Å². The number of carbonyl (C=O) groups is 1.